The molecule has 2 rings (SSSR count). The molecule has 0 fully saturated rings. The first kappa shape index (κ1) is 17.8. The second-order valence-corrected chi connectivity index (χ2v) is 5.37. The number of para-hydroxylation sites is 1. The van der Waals surface area contributed by atoms with E-state index in [1.54, 1.807) is 24.3 Å². The van der Waals surface area contributed by atoms with Gasteiger partial charge >= 0.3 is 5.97 Å². The summed E-state index contributed by atoms with van der Waals surface area (Å²) in [5.41, 5.74) is 1.13. The van der Waals surface area contributed by atoms with E-state index in [-0.39, 0.29) is 19.1 Å². The molecule has 0 saturated heterocycles. The van der Waals surface area contributed by atoms with E-state index < -0.39 is 5.97 Å². The van der Waals surface area contributed by atoms with Gasteiger partial charge in [-0.2, -0.15) is 0 Å². The van der Waals surface area contributed by atoms with Crippen LogP contribution in [0.15, 0.2) is 54.6 Å². The van der Waals surface area contributed by atoms with Crippen molar-refractivity contribution in [2.45, 2.75) is 6.42 Å². The summed E-state index contributed by atoms with van der Waals surface area (Å²) < 4.78 is 10.1. The molecule has 0 atom stereocenters. The van der Waals surface area contributed by atoms with Crippen LogP contribution in [0.1, 0.15) is 5.56 Å². The minimum Gasteiger partial charge on any atom is -0.480 e. The third-order valence-electron chi connectivity index (χ3n) is 3.13. The van der Waals surface area contributed by atoms with E-state index in [2.05, 4.69) is 5.32 Å². The van der Waals surface area contributed by atoms with Gasteiger partial charge in [-0.15, -0.1) is 0 Å². The van der Waals surface area contributed by atoms with Crippen LogP contribution in [0, 0.1) is 0 Å². The quantitative estimate of drug-likeness (QED) is 0.745. The fraction of sp³-hybridized carbons (Fsp3) is 0.222. The van der Waals surface area contributed by atoms with Gasteiger partial charge in [0.15, 0.2) is 13.2 Å². The number of hydrogen-bond donors (Lipinski definition) is 1. The Balaban J connectivity index is 1.61. The predicted molar refractivity (Wildman–Crippen MR) is 91.1 cm³/mol. The molecule has 2 aromatic carbocycles. The maximum atomic E-state index is 11.6. The molecule has 24 heavy (non-hydrogen) atoms. The first-order valence-corrected chi connectivity index (χ1v) is 7.86. The standard InChI is InChI=1S/C18H18ClNO4/c19-15-8-4-5-9-16(15)23-13-18(22)24-12-17(21)20-11-10-14-6-2-1-3-7-14/h1-9H,10-13H2,(H,20,21). The first-order chi connectivity index (χ1) is 11.6. The summed E-state index contributed by atoms with van der Waals surface area (Å²) in [6, 6.07) is 16.6. The highest BCUT2D eigenvalue weighted by Crippen LogP contribution is 2.22. The van der Waals surface area contributed by atoms with Gasteiger partial charge in [0, 0.05) is 6.54 Å². The number of rotatable bonds is 8. The zero-order valence-corrected chi connectivity index (χ0v) is 13.8. The second kappa shape index (κ2) is 9.57. The average molecular weight is 348 g/mol. The Hall–Kier alpha value is -2.53. The van der Waals surface area contributed by atoms with Gasteiger partial charge in [0.25, 0.3) is 5.91 Å². The van der Waals surface area contributed by atoms with Crippen LogP contribution in [0.4, 0.5) is 0 Å². The zero-order valence-electron chi connectivity index (χ0n) is 13.0. The topological polar surface area (TPSA) is 64.6 Å². The van der Waals surface area contributed by atoms with Crippen molar-refractivity contribution in [2.75, 3.05) is 19.8 Å². The van der Waals surface area contributed by atoms with Crippen molar-refractivity contribution in [3.05, 3.63) is 65.2 Å². The number of carbonyl (C=O) groups excluding carboxylic acids is 2. The number of carbonyl (C=O) groups is 2. The van der Waals surface area contributed by atoms with E-state index in [1.807, 2.05) is 30.3 Å². The Bertz CT molecular complexity index is 676. The predicted octanol–water partition coefficient (Wildman–Crippen LogP) is 2.62. The lowest BCUT2D eigenvalue weighted by molar-refractivity contribution is -0.150. The van der Waals surface area contributed by atoms with E-state index in [4.69, 9.17) is 21.1 Å². The molecule has 0 unspecified atom stereocenters. The Labute approximate surface area is 145 Å². The zero-order chi connectivity index (χ0) is 17.2. The van der Waals surface area contributed by atoms with Gasteiger partial charge in [0.05, 0.1) is 5.02 Å². The summed E-state index contributed by atoms with van der Waals surface area (Å²) in [6.07, 6.45) is 0.718. The first-order valence-electron chi connectivity index (χ1n) is 7.49. The Morgan fingerprint density at radius 2 is 1.67 bits per heavy atom. The van der Waals surface area contributed by atoms with Crippen LogP contribution >= 0.6 is 11.6 Å². The number of ether oxygens (including phenoxy) is 2. The molecule has 0 aromatic heterocycles. The summed E-state index contributed by atoms with van der Waals surface area (Å²) in [6.45, 7) is -0.156. The molecular formula is C18H18ClNO4. The minimum absolute atomic E-state index is 0.305. The van der Waals surface area contributed by atoms with Gasteiger partial charge in [0.2, 0.25) is 0 Å². The van der Waals surface area contributed by atoms with Crippen LogP contribution in [0.25, 0.3) is 0 Å². The average Bonchev–Trinajstić information content (AvgIpc) is 2.60. The highest BCUT2D eigenvalue weighted by atomic mass is 35.5. The number of benzene rings is 2. The van der Waals surface area contributed by atoms with Gasteiger partial charge < -0.3 is 14.8 Å². The summed E-state index contributed by atoms with van der Waals surface area (Å²) in [4.78, 5) is 23.2. The molecular weight excluding hydrogens is 330 g/mol. The highest BCUT2D eigenvalue weighted by Gasteiger charge is 2.09. The second-order valence-electron chi connectivity index (χ2n) is 4.97. The number of hydrogen-bond acceptors (Lipinski definition) is 4. The lowest BCUT2D eigenvalue weighted by Crippen LogP contribution is -2.31. The van der Waals surface area contributed by atoms with Crippen molar-refractivity contribution in [1.29, 1.82) is 0 Å². The third kappa shape index (κ3) is 6.30. The maximum absolute atomic E-state index is 11.6. The van der Waals surface area contributed by atoms with E-state index in [1.165, 1.54) is 0 Å². The molecule has 0 heterocycles. The van der Waals surface area contributed by atoms with Crippen LogP contribution in [0.3, 0.4) is 0 Å². The van der Waals surface area contributed by atoms with Crippen molar-refractivity contribution in [2.24, 2.45) is 0 Å². The number of amides is 1. The molecule has 126 valence electrons. The normalized spacial score (nSPS) is 10.0. The molecule has 1 amide bonds. The molecule has 2 aromatic rings. The molecule has 0 spiro atoms. The van der Waals surface area contributed by atoms with Gasteiger partial charge in [-0.1, -0.05) is 54.1 Å². The molecule has 0 radical (unpaired) electrons. The van der Waals surface area contributed by atoms with Gasteiger partial charge in [0.1, 0.15) is 5.75 Å². The molecule has 1 N–H and O–H groups in total. The summed E-state index contributed by atoms with van der Waals surface area (Å²) in [7, 11) is 0. The van der Waals surface area contributed by atoms with E-state index in [0.29, 0.717) is 17.3 Å². The molecule has 0 aliphatic rings. The smallest absolute Gasteiger partial charge is 0.344 e. The minimum atomic E-state index is -0.631. The molecule has 0 aliphatic heterocycles. The fourth-order valence-electron chi connectivity index (χ4n) is 1.93. The largest absolute Gasteiger partial charge is 0.480 e. The molecule has 0 bridgehead atoms. The Morgan fingerprint density at radius 1 is 0.958 bits per heavy atom. The molecule has 0 saturated carbocycles. The van der Waals surface area contributed by atoms with Crippen molar-refractivity contribution < 1.29 is 19.1 Å². The number of nitrogens with one attached hydrogen (secondary N) is 1. The van der Waals surface area contributed by atoms with Crippen LogP contribution in [0.5, 0.6) is 5.75 Å². The van der Waals surface area contributed by atoms with Crippen molar-refractivity contribution in [3.8, 4) is 5.75 Å². The Kier molecular flexibility index (Phi) is 7.11. The van der Waals surface area contributed by atoms with E-state index in [9.17, 15) is 9.59 Å². The van der Waals surface area contributed by atoms with Gasteiger partial charge in [-0.25, -0.2) is 4.79 Å². The van der Waals surface area contributed by atoms with Crippen molar-refractivity contribution >= 4 is 23.5 Å². The number of esters is 1. The van der Waals surface area contributed by atoms with Crippen molar-refractivity contribution in [1.82, 2.24) is 5.32 Å². The third-order valence-corrected chi connectivity index (χ3v) is 3.44. The molecule has 6 heteroatoms. The van der Waals surface area contributed by atoms with E-state index >= 15 is 0 Å². The van der Waals surface area contributed by atoms with Gasteiger partial charge in [-0.3, -0.25) is 4.79 Å². The summed E-state index contributed by atoms with van der Waals surface area (Å²) >= 11 is 5.90. The van der Waals surface area contributed by atoms with Crippen molar-refractivity contribution in [3.63, 3.8) is 0 Å². The fourth-order valence-corrected chi connectivity index (χ4v) is 2.12. The van der Waals surface area contributed by atoms with E-state index in [0.717, 1.165) is 12.0 Å². The van der Waals surface area contributed by atoms with Crippen LogP contribution in [-0.4, -0.2) is 31.6 Å². The van der Waals surface area contributed by atoms with Gasteiger partial charge in [-0.05, 0) is 24.1 Å². The lowest BCUT2D eigenvalue weighted by atomic mass is 10.1. The summed E-state index contributed by atoms with van der Waals surface area (Å²) in [5.74, 6) is -0.589. The summed E-state index contributed by atoms with van der Waals surface area (Å²) in [5, 5.41) is 3.10. The highest BCUT2D eigenvalue weighted by molar-refractivity contribution is 6.32. The molecule has 0 aliphatic carbocycles. The molecule has 5 nitrogen and oxygen atoms in total. The lowest BCUT2D eigenvalue weighted by Gasteiger charge is -2.08. The maximum Gasteiger partial charge on any atom is 0.344 e. The Morgan fingerprint density at radius 3 is 2.42 bits per heavy atom. The SMILES string of the molecule is O=C(COC(=O)COc1ccccc1Cl)NCCc1ccccc1. The number of halogens is 1. The van der Waals surface area contributed by atoms with Crippen LogP contribution in [-0.2, 0) is 20.7 Å². The monoisotopic (exact) mass is 347 g/mol. The van der Waals surface area contributed by atoms with Crippen LogP contribution < -0.4 is 10.1 Å². The van der Waals surface area contributed by atoms with Crippen LogP contribution in [0.2, 0.25) is 5.02 Å².